The Morgan fingerprint density at radius 2 is 1.94 bits per heavy atom. The van der Waals surface area contributed by atoms with Crippen molar-refractivity contribution in [2.24, 2.45) is 0 Å². The van der Waals surface area contributed by atoms with Gasteiger partial charge in [-0.05, 0) is 39.1 Å². The highest BCUT2D eigenvalue weighted by Gasteiger charge is 2.22. The molecule has 0 saturated carbocycles. The van der Waals surface area contributed by atoms with E-state index in [0.29, 0.717) is 0 Å². The van der Waals surface area contributed by atoms with E-state index in [0.717, 1.165) is 26.1 Å². The number of aryl methyl sites for hydroxylation is 1. The first-order valence-electron chi connectivity index (χ1n) is 6.33. The fourth-order valence-electron chi connectivity index (χ4n) is 2.48. The molecule has 1 fully saturated rings. The Kier molecular flexibility index (Phi) is 4.02. The zero-order chi connectivity index (χ0) is 12.3. The van der Waals surface area contributed by atoms with Gasteiger partial charge in [0.1, 0.15) is 0 Å². The van der Waals surface area contributed by atoms with E-state index in [1.165, 1.54) is 11.3 Å². The summed E-state index contributed by atoms with van der Waals surface area (Å²) in [5.41, 5.74) is 2.51. The van der Waals surface area contributed by atoms with Gasteiger partial charge >= 0.3 is 0 Å². The summed E-state index contributed by atoms with van der Waals surface area (Å²) in [7, 11) is 2.13. The molecule has 0 bridgehead atoms. The van der Waals surface area contributed by atoms with Crippen molar-refractivity contribution in [3.63, 3.8) is 0 Å². The Bertz CT molecular complexity index is 350. The Hall–Kier alpha value is -1.06. The fraction of sp³-hybridized carbons (Fsp3) is 0.571. The Balaban J connectivity index is 2.19. The summed E-state index contributed by atoms with van der Waals surface area (Å²) in [5.74, 6) is 0. The van der Waals surface area contributed by atoms with Crippen molar-refractivity contribution in [2.75, 3.05) is 38.2 Å². The fourth-order valence-corrected chi connectivity index (χ4v) is 2.48. The van der Waals surface area contributed by atoms with Crippen LogP contribution in [0.1, 0.15) is 12.0 Å². The highest BCUT2D eigenvalue weighted by Crippen LogP contribution is 2.20. The van der Waals surface area contributed by atoms with Gasteiger partial charge in [-0.25, -0.2) is 0 Å². The maximum absolute atomic E-state index is 9.55. The number of hydrogen-bond donors (Lipinski definition) is 1. The average molecular weight is 234 g/mol. The van der Waals surface area contributed by atoms with Gasteiger partial charge in [-0.3, -0.25) is 0 Å². The number of nitrogens with zero attached hydrogens (tertiary/aromatic N) is 2. The van der Waals surface area contributed by atoms with Crippen LogP contribution < -0.4 is 4.90 Å². The second-order valence-corrected chi connectivity index (χ2v) is 4.98. The zero-order valence-electron chi connectivity index (χ0n) is 10.8. The molecule has 94 valence electrons. The van der Waals surface area contributed by atoms with Crippen LogP contribution in [0.5, 0.6) is 0 Å². The van der Waals surface area contributed by atoms with E-state index in [9.17, 15) is 5.11 Å². The monoisotopic (exact) mass is 234 g/mol. The molecule has 3 nitrogen and oxygen atoms in total. The summed E-state index contributed by atoms with van der Waals surface area (Å²) in [4.78, 5) is 4.64. The molecule has 2 rings (SSSR count). The van der Waals surface area contributed by atoms with E-state index in [-0.39, 0.29) is 12.6 Å². The number of anilines is 1. The molecule has 0 aromatic heterocycles. The number of benzene rings is 1. The highest BCUT2D eigenvalue weighted by molar-refractivity contribution is 5.48. The van der Waals surface area contributed by atoms with Crippen molar-refractivity contribution >= 4 is 5.69 Å². The number of hydrogen-bond acceptors (Lipinski definition) is 3. The molecule has 1 unspecified atom stereocenters. The lowest BCUT2D eigenvalue weighted by molar-refractivity contribution is 0.229. The van der Waals surface area contributed by atoms with Crippen LogP contribution in [0.2, 0.25) is 0 Å². The molecule has 1 aromatic carbocycles. The summed E-state index contributed by atoms with van der Waals surface area (Å²) in [5, 5.41) is 9.55. The van der Waals surface area contributed by atoms with Gasteiger partial charge in [0.25, 0.3) is 0 Å². The third-order valence-corrected chi connectivity index (χ3v) is 3.48. The first-order valence-corrected chi connectivity index (χ1v) is 6.33. The van der Waals surface area contributed by atoms with E-state index in [2.05, 4.69) is 48.0 Å². The summed E-state index contributed by atoms with van der Waals surface area (Å²) in [6.07, 6.45) is 1.15. The van der Waals surface area contributed by atoms with E-state index < -0.39 is 0 Å². The quantitative estimate of drug-likeness (QED) is 0.840. The molecular formula is C14H22N2O. The third-order valence-electron chi connectivity index (χ3n) is 3.48. The predicted octanol–water partition coefficient (Wildman–Crippen LogP) is 1.50. The first kappa shape index (κ1) is 12.4. The van der Waals surface area contributed by atoms with Gasteiger partial charge in [0.05, 0.1) is 12.6 Å². The smallest absolute Gasteiger partial charge is 0.0647 e. The highest BCUT2D eigenvalue weighted by atomic mass is 16.3. The van der Waals surface area contributed by atoms with E-state index in [4.69, 9.17) is 0 Å². The molecule has 1 aliphatic rings. The summed E-state index contributed by atoms with van der Waals surface area (Å²) in [6.45, 7) is 5.39. The van der Waals surface area contributed by atoms with Gasteiger partial charge in [0.2, 0.25) is 0 Å². The third kappa shape index (κ3) is 2.99. The van der Waals surface area contributed by atoms with Crippen molar-refractivity contribution in [1.29, 1.82) is 0 Å². The van der Waals surface area contributed by atoms with Gasteiger partial charge in [-0.15, -0.1) is 0 Å². The van der Waals surface area contributed by atoms with Gasteiger partial charge in [0, 0.05) is 18.8 Å². The molecular weight excluding hydrogens is 212 g/mol. The molecule has 17 heavy (non-hydrogen) atoms. The summed E-state index contributed by atoms with van der Waals surface area (Å²) in [6, 6.07) is 8.80. The molecule has 0 spiro atoms. The van der Waals surface area contributed by atoms with E-state index >= 15 is 0 Å². The topological polar surface area (TPSA) is 26.7 Å². The van der Waals surface area contributed by atoms with Crippen LogP contribution in [0, 0.1) is 6.92 Å². The Morgan fingerprint density at radius 3 is 2.59 bits per heavy atom. The van der Waals surface area contributed by atoms with Crippen molar-refractivity contribution in [3.05, 3.63) is 29.8 Å². The van der Waals surface area contributed by atoms with E-state index in [1.807, 2.05) is 0 Å². The molecule has 1 aliphatic heterocycles. The molecule has 1 heterocycles. The molecule has 1 aromatic rings. The molecule has 1 N–H and O–H groups in total. The molecule has 1 saturated heterocycles. The number of rotatable bonds is 2. The molecule has 0 aliphatic carbocycles. The molecule has 1 atom stereocenters. The standard InChI is InChI=1S/C14H22N2O/c1-12-4-6-13(7-5-12)16-9-3-8-15(2)10-14(16)11-17/h4-7,14,17H,3,8-11H2,1-2H3. The predicted molar refractivity (Wildman–Crippen MR) is 71.5 cm³/mol. The van der Waals surface area contributed by atoms with Crippen molar-refractivity contribution in [3.8, 4) is 0 Å². The summed E-state index contributed by atoms with van der Waals surface area (Å²) < 4.78 is 0. The molecule has 3 heteroatoms. The maximum atomic E-state index is 9.55. The maximum Gasteiger partial charge on any atom is 0.0647 e. The largest absolute Gasteiger partial charge is 0.394 e. The Morgan fingerprint density at radius 1 is 1.24 bits per heavy atom. The minimum absolute atomic E-state index is 0.213. The molecule has 0 radical (unpaired) electrons. The van der Waals surface area contributed by atoms with Gasteiger partial charge in [0.15, 0.2) is 0 Å². The van der Waals surface area contributed by atoms with Crippen LogP contribution in [-0.2, 0) is 0 Å². The van der Waals surface area contributed by atoms with E-state index in [1.54, 1.807) is 0 Å². The number of aliphatic hydroxyl groups is 1. The van der Waals surface area contributed by atoms with Crippen LogP contribution in [0.4, 0.5) is 5.69 Å². The minimum atomic E-state index is 0.213. The number of likely N-dealkylation sites (N-methyl/N-ethyl adjacent to an activating group) is 1. The lowest BCUT2D eigenvalue weighted by Gasteiger charge is -2.31. The van der Waals surface area contributed by atoms with Crippen LogP contribution in [0.3, 0.4) is 0 Å². The van der Waals surface area contributed by atoms with Crippen LogP contribution in [0.15, 0.2) is 24.3 Å². The molecule has 0 amide bonds. The van der Waals surface area contributed by atoms with Gasteiger partial charge < -0.3 is 14.9 Å². The number of aliphatic hydroxyl groups excluding tert-OH is 1. The van der Waals surface area contributed by atoms with Crippen molar-refractivity contribution in [1.82, 2.24) is 4.90 Å². The Labute approximate surface area is 104 Å². The summed E-state index contributed by atoms with van der Waals surface area (Å²) >= 11 is 0. The normalized spacial score (nSPS) is 22.5. The lowest BCUT2D eigenvalue weighted by atomic mass is 10.1. The first-order chi connectivity index (χ1) is 8.20. The van der Waals surface area contributed by atoms with Gasteiger partial charge in [-0.2, -0.15) is 0 Å². The van der Waals surface area contributed by atoms with Crippen LogP contribution in [-0.4, -0.2) is 49.3 Å². The van der Waals surface area contributed by atoms with Crippen molar-refractivity contribution in [2.45, 2.75) is 19.4 Å². The van der Waals surface area contributed by atoms with Crippen molar-refractivity contribution < 1.29 is 5.11 Å². The second-order valence-electron chi connectivity index (χ2n) is 4.98. The van der Waals surface area contributed by atoms with Gasteiger partial charge in [-0.1, -0.05) is 17.7 Å². The SMILES string of the molecule is Cc1ccc(N2CCCN(C)CC2CO)cc1. The zero-order valence-corrected chi connectivity index (χ0v) is 10.8. The second kappa shape index (κ2) is 5.52. The lowest BCUT2D eigenvalue weighted by Crippen LogP contribution is -2.42. The van der Waals surface area contributed by atoms with Crippen LogP contribution in [0.25, 0.3) is 0 Å². The van der Waals surface area contributed by atoms with Crippen LogP contribution >= 0.6 is 0 Å². The minimum Gasteiger partial charge on any atom is -0.394 e. The average Bonchev–Trinajstić information content (AvgIpc) is 2.52.